The maximum Gasteiger partial charge on any atom is 0.256 e. The SMILES string of the molecule is O=C1C2C3C=CC(O3)C2C(=O)N1N=C1CCCCC1. The Labute approximate surface area is 111 Å². The van der Waals surface area contributed by atoms with E-state index in [-0.39, 0.29) is 35.9 Å². The van der Waals surface area contributed by atoms with E-state index in [1.165, 1.54) is 6.42 Å². The number of nitrogens with zero attached hydrogens (tertiary/aromatic N) is 2. The van der Waals surface area contributed by atoms with Gasteiger partial charge in [0.2, 0.25) is 0 Å². The van der Waals surface area contributed by atoms with Gasteiger partial charge in [0, 0.05) is 5.71 Å². The van der Waals surface area contributed by atoms with Crippen LogP contribution in [0, 0.1) is 11.8 Å². The molecule has 3 heterocycles. The normalized spacial score (nSPS) is 40.2. The number of hydrogen-bond acceptors (Lipinski definition) is 4. The van der Waals surface area contributed by atoms with Crippen LogP contribution in [-0.2, 0) is 14.3 Å². The average Bonchev–Trinajstić information content (AvgIpc) is 3.10. The van der Waals surface area contributed by atoms with Crippen LogP contribution in [0.4, 0.5) is 0 Å². The van der Waals surface area contributed by atoms with Crippen molar-refractivity contribution >= 4 is 17.5 Å². The molecule has 0 spiro atoms. The lowest BCUT2D eigenvalue weighted by Crippen LogP contribution is -2.31. The molecule has 5 nitrogen and oxygen atoms in total. The van der Waals surface area contributed by atoms with Crippen LogP contribution in [-0.4, -0.2) is 34.7 Å². The van der Waals surface area contributed by atoms with E-state index in [1.807, 2.05) is 12.2 Å². The zero-order chi connectivity index (χ0) is 13.0. The van der Waals surface area contributed by atoms with Crippen molar-refractivity contribution in [1.82, 2.24) is 5.01 Å². The molecule has 3 fully saturated rings. The molecule has 5 heteroatoms. The largest absolute Gasteiger partial charge is 0.365 e. The Bertz CT molecular complexity index is 473. The summed E-state index contributed by atoms with van der Waals surface area (Å²) in [4.78, 5) is 24.7. The maximum absolute atomic E-state index is 12.3. The molecule has 0 radical (unpaired) electrons. The van der Waals surface area contributed by atoms with Gasteiger partial charge < -0.3 is 4.74 Å². The molecule has 4 rings (SSSR count). The molecule has 0 aromatic rings. The number of rotatable bonds is 1. The van der Waals surface area contributed by atoms with E-state index >= 15 is 0 Å². The molecule has 100 valence electrons. The molecular weight excluding hydrogens is 244 g/mol. The average molecular weight is 260 g/mol. The molecule has 0 aromatic carbocycles. The third-order valence-corrected chi connectivity index (χ3v) is 4.56. The lowest BCUT2D eigenvalue weighted by molar-refractivity contribution is -0.142. The zero-order valence-corrected chi connectivity index (χ0v) is 10.6. The Morgan fingerprint density at radius 2 is 1.58 bits per heavy atom. The van der Waals surface area contributed by atoms with Gasteiger partial charge in [-0.15, -0.1) is 0 Å². The number of carbonyl (C=O) groups is 2. The second kappa shape index (κ2) is 4.00. The van der Waals surface area contributed by atoms with Gasteiger partial charge in [-0.3, -0.25) is 9.59 Å². The summed E-state index contributed by atoms with van der Waals surface area (Å²) in [5, 5.41) is 5.47. The van der Waals surface area contributed by atoms with Crippen molar-refractivity contribution in [3.8, 4) is 0 Å². The van der Waals surface area contributed by atoms with Crippen molar-refractivity contribution in [3.05, 3.63) is 12.2 Å². The fourth-order valence-electron chi connectivity index (χ4n) is 3.59. The van der Waals surface area contributed by atoms with Gasteiger partial charge in [-0.05, 0) is 25.7 Å². The van der Waals surface area contributed by atoms with Crippen molar-refractivity contribution in [2.45, 2.75) is 44.3 Å². The molecule has 2 saturated heterocycles. The molecule has 1 saturated carbocycles. The van der Waals surface area contributed by atoms with E-state index in [0.717, 1.165) is 36.4 Å². The number of ether oxygens (including phenoxy) is 1. The van der Waals surface area contributed by atoms with Crippen LogP contribution in [0.1, 0.15) is 32.1 Å². The third-order valence-electron chi connectivity index (χ3n) is 4.56. The van der Waals surface area contributed by atoms with Crippen molar-refractivity contribution in [2.75, 3.05) is 0 Å². The Balaban J connectivity index is 1.62. The molecule has 1 aliphatic carbocycles. The smallest absolute Gasteiger partial charge is 0.256 e. The summed E-state index contributed by atoms with van der Waals surface area (Å²) >= 11 is 0. The lowest BCUT2D eigenvalue weighted by atomic mass is 9.85. The van der Waals surface area contributed by atoms with Crippen LogP contribution in [0.2, 0.25) is 0 Å². The summed E-state index contributed by atoms with van der Waals surface area (Å²) in [6.45, 7) is 0. The van der Waals surface area contributed by atoms with Crippen LogP contribution in [0.25, 0.3) is 0 Å². The van der Waals surface area contributed by atoms with E-state index in [4.69, 9.17) is 4.74 Å². The Hall–Kier alpha value is -1.49. The molecule has 2 bridgehead atoms. The van der Waals surface area contributed by atoms with Crippen LogP contribution < -0.4 is 0 Å². The van der Waals surface area contributed by atoms with Crippen LogP contribution in [0.15, 0.2) is 17.3 Å². The summed E-state index contributed by atoms with van der Waals surface area (Å²) in [5.41, 5.74) is 0.995. The minimum absolute atomic E-state index is 0.176. The highest BCUT2D eigenvalue weighted by Crippen LogP contribution is 2.45. The molecular formula is C14H16N2O3. The molecule has 4 unspecified atom stereocenters. The molecule has 4 atom stereocenters. The number of imide groups is 1. The fraction of sp³-hybridized carbons (Fsp3) is 0.643. The van der Waals surface area contributed by atoms with E-state index in [0.29, 0.717) is 0 Å². The highest BCUT2D eigenvalue weighted by atomic mass is 16.5. The first-order valence-electron chi connectivity index (χ1n) is 7.03. The van der Waals surface area contributed by atoms with Crippen molar-refractivity contribution in [2.24, 2.45) is 16.9 Å². The minimum Gasteiger partial charge on any atom is -0.365 e. The Kier molecular flexibility index (Phi) is 2.39. The summed E-state index contributed by atoms with van der Waals surface area (Å²) < 4.78 is 5.59. The van der Waals surface area contributed by atoms with Crippen molar-refractivity contribution in [3.63, 3.8) is 0 Å². The van der Waals surface area contributed by atoms with Gasteiger partial charge in [-0.1, -0.05) is 18.6 Å². The van der Waals surface area contributed by atoms with Gasteiger partial charge in [-0.25, -0.2) is 0 Å². The monoisotopic (exact) mass is 260 g/mol. The maximum atomic E-state index is 12.3. The van der Waals surface area contributed by atoms with Gasteiger partial charge in [0.15, 0.2) is 0 Å². The predicted octanol–water partition coefficient (Wildman–Crippen LogP) is 1.24. The van der Waals surface area contributed by atoms with Crippen molar-refractivity contribution < 1.29 is 14.3 Å². The van der Waals surface area contributed by atoms with Gasteiger partial charge >= 0.3 is 0 Å². The topological polar surface area (TPSA) is 59.0 Å². The van der Waals surface area contributed by atoms with Crippen LogP contribution in [0.3, 0.4) is 0 Å². The zero-order valence-electron chi connectivity index (χ0n) is 10.6. The van der Waals surface area contributed by atoms with E-state index in [9.17, 15) is 9.59 Å². The molecule has 2 amide bonds. The van der Waals surface area contributed by atoms with Gasteiger partial charge in [0.1, 0.15) is 0 Å². The number of fused-ring (bicyclic) bond motifs is 5. The quantitative estimate of drug-likeness (QED) is 0.526. The first kappa shape index (κ1) is 11.3. The summed E-state index contributed by atoms with van der Waals surface area (Å²) in [6, 6.07) is 0. The number of hydrogen-bond donors (Lipinski definition) is 0. The molecule has 0 aromatic heterocycles. The number of hydrazone groups is 1. The van der Waals surface area contributed by atoms with E-state index in [2.05, 4.69) is 5.10 Å². The number of amides is 2. The van der Waals surface area contributed by atoms with Gasteiger partial charge in [0.05, 0.1) is 24.0 Å². The first-order chi connectivity index (χ1) is 9.25. The Morgan fingerprint density at radius 3 is 2.16 bits per heavy atom. The van der Waals surface area contributed by atoms with Crippen LogP contribution >= 0.6 is 0 Å². The summed E-state index contributed by atoms with van der Waals surface area (Å²) in [6.07, 6.45) is 8.61. The summed E-state index contributed by atoms with van der Waals surface area (Å²) in [5.74, 6) is -1.03. The first-order valence-corrected chi connectivity index (χ1v) is 7.03. The van der Waals surface area contributed by atoms with Crippen LogP contribution in [0.5, 0.6) is 0 Å². The third kappa shape index (κ3) is 1.54. The molecule has 4 aliphatic rings. The second-order valence-electron chi connectivity index (χ2n) is 5.72. The molecule has 19 heavy (non-hydrogen) atoms. The Morgan fingerprint density at radius 1 is 1.00 bits per heavy atom. The van der Waals surface area contributed by atoms with E-state index in [1.54, 1.807) is 0 Å². The lowest BCUT2D eigenvalue weighted by Gasteiger charge is -2.17. The molecule has 3 aliphatic heterocycles. The second-order valence-corrected chi connectivity index (χ2v) is 5.72. The predicted molar refractivity (Wildman–Crippen MR) is 67.2 cm³/mol. The highest BCUT2D eigenvalue weighted by molar-refractivity contribution is 6.07. The summed E-state index contributed by atoms with van der Waals surface area (Å²) in [7, 11) is 0. The molecule has 0 N–H and O–H groups in total. The fourth-order valence-corrected chi connectivity index (χ4v) is 3.59. The highest BCUT2D eigenvalue weighted by Gasteiger charge is 2.61. The standard InChI is InChI=1S/C14H16N2O3/c17-13-11-9-6-7-10(19-9)12(11)14(18)16(13)15-8-4-2-1-3-5-8/h6-7,9-12H,1-5H2. The van der Waals surface area contributed by atoms with Gasteiger partial charge in [-0.2, -0.15) is 10.1 Å². The van der Waals surface area contributed by atoms with Gasteiger partial charge in [0.25, 0.3) is 11.8 Å². The minimum atomic E-state index is -0.338. The van der Waals surface area contributed by atoms with E-state index < -0.39 is 0 Å². The number of carbonyl (C=O) groups excluding carboxylic acids is 2. The van der Waals surface area contributed by atoms with Crippen molar-refractivity contribution in [1.29, 1.82) is 0 Å².